The number of anilines is 1. The molecule has 0 bridgehead atoms. The van der Waals surface area contributed by atoms with Crippen molar-refractivity contribution in [1.82, 2.24) is 4.98 Å². The van der Waals surface area contributed by atoms with Crippen LogP contribution in [0.2, 0.25) is 0 Å². The van der Waals surface area contributed by atoms with Crippen molar-refractivity contribution in [2.75, 3.05) is 5.32 Å². The average molecular weight is 286 g/mol. The molecule has 2 N–H and O–H groups in total. The van der Waals surface area contributed by atoms with Crippen molar-refractivity contribution in [2.45, 2.75) is 0 Å². The SMILES string of the molecule is O=C(/C=C/c1ccc(F)cc1)Nc1cccnc1C(=O)O. The van der Waals surface area contributed by atoms with Gasteiger partial charge in [-0.2, -0.15) is 0 Å². The molecule has 0 aliphatic rings. The fourth-order valence-electron chi connectivity index (χ4n) is 1.60. The van der Waals surface area contributed by atoms with E-state index in [1.54, 1.807) is 0 Å². The second kappa shape index (κ2) is 6.42. The fourth-order valence-corrected chi connectivity index (χ4v) is 1.60. The lowest BCUT2D eigenvalue weighted by molar-refractivity contribution is -0.111. The minimum Gasteiger partial charge on any atom is -0.476 e. The zero-order valence-electron chi connectivity index (χ0n) is 10.8. The van der Waals surface area contributed by atoms with Crippen molar-refractivity contribution in [3.63, 3.8) is 0 Å². The first-order chi connectivity index (χ1) is 10.1. The number of pyridine rings is 1. The van der Waals surface area contributed by atoms with E-state index >= 15 is 0 Å². The Balaban J connectivity index is 2.08. The maximum Gasteiger partial charge on any atom is 0.356 e. The minimum atomic E-state index is -1.23. The molecular formula is C15H11FN2O3. The summed E-state index contributed by atoms with van der Waals surface area (Å²) < 4.78 is 12.7. The Labute approximate surface area is 119 Å². The number of rotatable bonds is 4. The van der Waals surface area contributed by atoms with Gasteiger partial charge in [0.1, 0.15) is 5.82 Å². The lowest BCUT2D eigenvalue weighted by Gasteiger charge is -2.04. The predicted octanol–water partition coefficient (Wildman–Crippen LogP) is 2.57. The summed E-state index contributed by atoms with van der Waals surface area (Å²) >= 11 is 0. The molecule has 0 saturated heterocycles. The van der Waals surface area contributed by atoms with Crippen LogP contribution in [0.1, 0.15) is 16.1 Å². The third-order valence-corrected chi connectivity index (χ3v) is 2.57. The van der Waals surface area contributed by atoms with Crippen LogP contribution in [0.3, 0.4) is 0 Å². The number of aromatic nitrogens is 1. The summed E-state index contributed by atoms with van der Waals surface area (Å²) in [6, 6.07) is 8.56. The van der Waals surface area contributed by atoms with Gasteiger partial charge >= 0.3 is 5.97 Å². The van der Waals surface area contributed by atoms with Crippen LogP contribution in [0.15, 0.2) is 48.7 Å². The second-order valence-corrected chi connectivity index (χ2v) is 4.08. The molecule has 0 aliphatic heterocycles. The number of amides is 1. The van der Waals surface area contributed by atoms with Crippen molar-refractivity contribution in [3.05, 3.63) is 65.7 Å². The smallest absolute Gasteiger partial charge is 0.356 e. The zero-order valence-corrected chi connectivity index (χ0v) is 10.8. The van der Waals surface area contributed by atoms with Crippen LogP contribution >= 0.6 is 0 Å². The number of nitrogens with zero attached hydrogens (tertiary/aromatic N) is 1. The molecule has 1 aromatic carbocycles. The fraction of sp³-hybridized carbons (Fsp3) is 0. The Morgan fingerprint density at radius 1 is 1.19 bits per heavy atom. The molecule has 2 aromatic rings. The Morgan fingerprint density at radius 3 is 2.57 bits per heavy atom. The number of carbonyl (C=O) groups excluding carboxylic acids is 1. The minimum absolute atomic E-state index is 0.110. The number of carboxylic acids is 1. The molecule has 1 heterocycles. The van der Waals surface area contributed by atoms with Gasteiger partial charge in [0.2, 0.25) is 5.91 Å². The van der Waals surface area contributed by atoms with Gasteiger partial charge in [-0.3, -0.25) is 4.79 Å². The molecule has 5 nitrogen and oxygen atoms in total. The van der Waals surface area contributed by atoms with Gasteiger partial charge < -0.3 is 10.4 Å². The van der Waals surface area contributed by atoms with Gasteiger partial charge in [0, 0.05) is 12.3 Å². The lowest BCUT2D eigenvalue weighted by Crippen LogP contribution is -2.13. The van der Waals surface area contributed by atoms with E-state index in [9.17, 15) is 14.0 Å². The average Bonchev–Trinajstić information content (AvgIpc) is 2.47. The zero-order chi connectivity index (χ0) is 15.2. The maximum absolute atomic E-state index is 12.7. The molecule has 1 amide bonds. The number of nitrogens with one attached hydrogen (secondary N) is 1. The van der Waals surface area contributed by atoms with E-state index in [4.69, 9.17) is 5.11 Å². The van der Waals surface area contributed by atoms with Gasteiger partial charge in [-0.1, -0.05) is 12.1 Å². The van der Waals surface area contributed by atoms with Crippen molar-refractivity contribution in [2.24, 2.45) is 0 Å². The molecule has 0 fully saturated rings. The van der Waals surface area contributed by atoms with Crippen molar-refractivity contribution in [3.8, 4) is 0 Å². The topological polar surface area (TPSA) is 79.3 Å². The largest absolute Gasteiger partial charge is 0.476 e. The third kappa shape index (κ3) is 3.97. The maximum atomic E-state index is 12.7. The monoisotopic (exact) mass is 286 g/mol. The first-order valence-corrected chi connectivity index (χ1v) is 5.99. The summed E-state index contributed by atoms with van der Waals surface area (Å²) in [5.74, 6) is -2.10. The number of carboxylic acid groups (broad SMARTS) is 1. The highest BCUT2D eigenvalue weighted by atomic mass is 19.1. The van der Waals surface area contributed by atoms with Gasteiger partial charge in [-0.25, -0.2) is 14.2 Å². The number of hydrogen-bond donors (Lipinski definition) is 2. The number of halogens is 1. The van der Waals surface area contributed by atoms with E-state index in [1.807, 2.05) is 0 Å². The molecule has 6 heteroatoms. The highest BCUT2D eigenvalue weighted by molar-refractivity contribution is 6.05. The number of aromatic carboxylic acids is 1. The number of benzene rings is 1. The standard InChI is InChI=1S/C15H11FN2O3/c16-11-6-3-10(4-7-11)5-8-13(19)18-12-2-1-9-17-14(12)15(20)21/h1-9H,(H,18,19)(H,20,21)/b8-5+. The Morgan fingerprint density at radius 2 is 1.90 bits per heavy atom. The summed E-state index contributed by atoms with van der Waals surface area (Å²) in [5.41, 5.74) is 0.524. The van der Waals surface area contributed by atoms with Crippen LogP contribution in [0, 0.1) is 5.82 Å². The molecule has 2 rings (SSSR count). The highest BCUT2D eigenvalue weighted by Crippen LogP contribution is 2.12. The second-order valence-electron chi connectivity index (χ2n) is 4.08. The molecule has 0 aliphatic carbocycles. The molecule has 0 saturated carbocycles. The Kier molecular flexibility index (Phi) is 4.40. The predicted molar refractivity (Wildman–Crippen MR) is 75.3 cm³/mol. The van der Waals surface area contributed by atoms with Gasteiger partial charge in [0.05, 0.1) is 5.69 Å². The Hall–Kier alpha value is -3.02. The molecule has 1 aromatic heterocycles. The summed E-state index contributed by atoms with van der Waals surface area (Å²) in [6.07, 6.45) is 4.05. The van der Waals surface area contributed by atoms with Crippen molar-refractivity contribution >= 4 is 23.6 Å². The van der Waals surface area contributed by atoms with E-state index in [1.165, 1.54) is 54.7 Å². The summed E-state index contributed by atoms with van der Waals surface area (Å²) in [4.78, 5) is 26.4. The summed E-state index contributed by atoms with van der Waals surface area (Å²) in [7, 11) is 0. The molecule has 0 spiro atoms. The van der Waals surface area contributed by atoms with Crippen LogP contribution in [-0.4, -0.2) is 22.0 Å². The molecule has 0 radical (unpaired) electrons. The van der Waals surface area contributed by atoms with Gasteiger partial charge in [0.15, 0.2) is 5.69 Å². The van der Waals surface area contributed by atoms with Crippen LogP contribution < -0.4 is 5.32 Å². The Bertz CT molecular complexity index is 696. The highest BCUT2D eigenvalue weighted by Gasteiger charge is 2.11. The quantitative estimate of drug-likeness (QED) is 0.847. The molecule has 0 unspecified atom stereocenters. The first kappa shape index (κ1) is 14.4. The van der Waals surface area contributed by atoms with E-state index in [0.29, 0.717) is 5.56 Å². The molecule has 106 valence electrons. The first-order valence-electron chi connectivity index (χ1n) is 5.99. The van der Waals surface area contributed by atoms with E-state index in [0.717, 1.165) is 0 Å². The molecule has 21 heavy (non-hydrogen) atoms. The normalized spacial score (nSPS) is 10.5. The third-order valence-electron chi connectivity index (χ3n) is 2.57. The van der Waals surface area contributed by atoms with E-state index in [-0.39, 0.29) is 17.2 Å². The van der Waals surface area contributed by atoms with Crippen LogP contribution in [0.4, 0.5) is 10.1 Å². The molecule has 0 atom stereocenters. The van der Waals surface area contributed by atoms with E-state index < -0.39 is 11.9 Å². The van der Waals surface area contributed by atoms with Crippen molar-refractivity contribution < 1.29 is 19.1 Å². The van der Waals surface area contributed by atoms with Gasteiger partial charge in [-0.05, 0) is 35.9 Å². The van der Waals surface area contributed by atoms with Crippen molar-refractivity contribution in [1.29, 1.82) is 0 Å². The van der Waals surface area contributed by atoms with Crippen LogP contribution in [0.5, 0.6) is 0 Å². The lowest BCUT2D eigenvalue weighted by atomic mass is 10.2. The van der Waals surface area contributed by atoms with Gasteiger partial charge in [0.25, 0.3) is 0 Å². The van der Waals surface area contributed by atoms with Crippen LogP contribution in [-0.2, 0) is 4.79 Å². The van der Waals surface area contributed by atoms with E-state index in [2.05, 4.69) is 10.3 Å². The summed E-state index contributed by atoms with van der Waals surface area (Å²) in [5, 5.41) is 11.4. The van der Waals surface area contributed by atoms with Gasteiger partial charge in [-0.15, -0.1) is 0 Å². The number of carbonyl (C=O) groups is 2. The van der Waals surface area contributed by atoms with Crippen LogP contribution in [0.25, 0.3) is 6.08 Å². The summed E-state index contributed by atoms with van der Waals surface area (Å²) in [6.45, 7) is 0. The molecular weight excluding hydrogens is 275 g/mol. The number of hydrogen-bond acceptors (Lipinski definition) is 3.